The SMILES string of the molecule is COc1cc([N+](=O)[O-])ccc1NC(=S)Nc1nn(Cc2ccc(Cl)c(Cl)c2)cc1Cl. The van der Waals surface area contributed by atoms with Gasteiger partial charge in [-0.15, -0.1) is 0 Å². The molecule has 1 heterocycles. The first-order valence-corrected chi connectivity index (χ1v) is 9.88. The van der Waals surface area contributed by atoms with E-state index in [1.807, 2.05) is 6.07 Å². The third-order valence-electron chi connectivity index (χ3n) is 3.92. The molecule has 0 saturated carbocycles. The number of rotatable bonds is 6. The molecular formula is C18H14Cl3N5O3S. The predicted molar refractivity (Wildman–Crippen MR) is 122 cm³/mol. The van der Waals surface area contributed by atoms with E-state index in [0.29, 0.717) is 33.1 Å². The molecule has 0 unspecified atom stereocenters. The Labute approximate surface area is 191 Å². The third-order valence-corrected chi connectivity index (χ3v) is 5.14. The van der Waals surface area contributed by atoms with Crippen molar-refractivity contribution in [2.75, 3.05) is 17.7 Å². The fraction of sp³-hybridized carbons (Fsp3) is 0.111. The van der Waals surface area contributed by atoms with E-state index in [1.54, 1.807) is 23.0 Å². The largest absolute Gasteiger partial charge is 0.494 e. The summed E-state index contributed by atoms with van der Waals surface area (Å²) in [5.41, 5.74) is 1.25. The number of halogens is 3. The molecule has 0 saturated heterocycles. The first kappa shape index (κ1) is 22.1. The number of nitro benzene ring substituents is 1. The Kier molecular flexibility index (Phi) is 6.99. The number of nitrogens with one attached hydrogen (secondary N) is 2. The molecule has 0 radical (unpaired) electrons. The minimum Gasteiger partial charge on any atom is -0.494 e. The minimum atomic E-state index is -0.511. The molecule has 0 fully saturated rings. The summed E-state index contributed by atoms with van der Waals surface area (Å²) in [6.07, 6.45) is 1.64. The van der Waals surface area contributed by atoms with Crippen molar-refractivity contribution in [1.82, 2.24) is 9.78 Å². The summed E-state index contributed by atoms with van der Waals surface area (Å²) >= 11 is 23.5. The van der Waals surface area contributed by atoms with E-state index < -0.39 is 4.92 Å². The van der Waals surface area contributed by atoms with Gasteiger partial charge >= 0.3 is 0 Å². The Morgan fingerprint density at radius 3 is 2.60 bits per heavy atom. The normalized spacial score (nSPS) is 10.5. The van der Waals surface area contributed by atoms with Crippen molar-refractivity contribution in [3.05, 3.63) is 73.3 Å². The number of hydrogen-bond donors (Lipinski definition) is 2. The van der Waals surface area contributed by atoms with E-state index >= 15 is 0 Å². The molecule has 0 amide bonds. The first-order chi connectivity index (χ1) is 14.3. The van der Waals surface area contributed by atoms with Gasteiger partial charge in [-0.1, -0.05) is 40.9 Å². The second-order valence-electron chi connectivity index (χ2n) is 5.99. The van der Waals surface area contributed by atoms with Crippen molar-refractivity contribution in [3.8, 4) is 5.75 Å². The fourth-order valence-electron chi connectivity index (χ4n) is 2.55. The second-order valence-corrected chi connectivity index (χ2v) is 7.62. The second kappa shape index (κ2) is 9.48. The number of methoxy groups -OCH3 is 1. The van der Waals surface area contributed by atoms with Crippen LogP contribution in [0.15, 0.2) is 42.6 Å². The lowest BCUT2D eigenvalue weighted by Gasteiger charge is -2.12. The molecule has 0 spiro atoms. The topological polar surface area (TPSA) is 94.2 Å². The average Bonchev–Trinajstić information content (AvgIpc) is 3.03. The fourth-order valence-corrected chi connectivity index (χ4v) is 3.27. The minimum absolute atomic E-state index is 0.0969. The summed E-state index contributed by atoms with van der Waals surface area (Å²) in [4.78, 5) is 10.4. The number of anilines is 2. The van der Waals surface area contributed by atoms with Crippen molar-refractivity contribution in [1.29, 1.82) is 0 Å². The average molecular weight is 487 g/mol. The molecule has 0 bridgehead atoms. The Balaban J connectivity index is 1.70. The highest BCUT2D eigenvalue weighted by atomic mass is 35.5. The van der Waals surface area contributed by atoms with Crippen LogP contribution >= 0.6 is 47.0 Å². The zero-order valence-corrected chi connectivity index (χ0v) is 18.4. The molecule has 30 heavy (non-hydrogen) atoms. The van der Waals surface area contributed by atoms with E-state index in [4.69, 9.17) is 51.8 Å². The lowest BCUT2D eigenvalue weighted by atomic mass is 10.2. The van der Waals surface area contributed by atoms with E-state index in [0.717, 1.165) is 5.56 Å². The van der Waals surface area contributed by atoms with Crippen LogP contribution in [-0.2, 0) is 6.54 Å². The maximum Gasteiger partial charge on any atom is 0.273 e. The maximum absolute atomic E-state index is 10.9. The predicted octanol–water partition coefficient (Wildman–Crippen LogP) is 5.62. The molecule has 1 aromatic heterocycles. The van der Waals surface area contributed by atoms with E-state index in [2.05, 4.69) is 15.7 Å². The summed E-state index contributed by atoms with van der Waals surface area (Å²) < 4.78 is 6.80. The van der Waals surface area contributed by atoms with Crippen molar-refractivity contribution in [3.63, 3.8) is 0 Å². The summed E-state index contributed by atoms with van der Waals surface area (Å²) in [5.74, 6) is 0.611. The van der Waals surface area contributed by atoms with Gasteiger partial charge in [-0.3, -0.25) is 14.8 Å². The number of hydrogen-bond acceptors (Lipinski definition) is 5. The van der Waals surface area contributed by atoms with Gasteiger partial charge in [-0.25, -0.2) is 0 Å². The quantitative estimate of drug-likeness (QED) is 0.265. The van der Waals surface area contributed by atoms with E-state index in [9.17, 15) is 10.1 Å². The van der Waals surface area contributed by atoms with E-state index in [1.165, 1.54) is 25.3 Å². The van der Waals surface area contributed by atoms with Crippen LogP contribution in [0.4, 0.5) is 17.2 Å². The van der Waals surface area contributed by atoms with Crippen molar-refractivity contribution in [2.45, 2.75) is 6.54 Å². The van der Waals surface area contributed by atoms with Crippen LogP contribution in [-0.4, -0.2) is 26.9 Å². The maximum atomic E-state index is 10.9. The van der Waals surface area contributed by atoms with Crippen LogP contribution in [0.5, 0.6) is 5.75 Å². The van der Waals surface area contributed by atoms with Crippen LogP contribution in [0.2, 0.25) is 15.1 Å². The zero-order valence-electron chi connectivity index (χ0n) is 15.4. The van der Waals surface area contributed by atoms with Gasteiger partial charge in [0.05, 0.1) is 40.4 Å². The molecule has 0 aliphatic rings. The summed E-state index contributed by atoms with van der Waals surface area (Å²) in [6.45, 7) is 0.425. The zero-order chi connectivity index (χ0) is 21.8. The van der Waals surface area contributed by atoms with Crippen LogP contribution in [0, 0.1) is 10.1 Å². The molecule has 12 heteroatoms. The van der Waals surface area contributed by atoms with Gasteiger partial charge in [0.2, 0.25) is 0 Å². The van der Waals surface area contributed by atoms with Crippen molar-refractivity contribution >= 4 is 69.3 Å². The number of nitrogens with zero attached hydrogens (tertiary/aromatic N) is 3. The van der Waals surface area contributed by atoms with Gasteiger partial charge in [-0.05, 0) is 36.0 Å². The summed E-state index contributed by atoms with van der Waals surface area (Å²) in [7, 11) is 1.41. The number of aromatic nitrogens is 2. The van der Waals surface area contributed by atoms with Gasteiger partial charge in [-0.2, -0.15) is 5.10 Å². The number of benzene rings is 2. The Morgan fingerprint density at radius 1 is 1.17 bits per heavy atom. The number of nitro groups is 1. The molecule has 3 rings (SSSR count). The lowest BCUT2D eigenvalue weighted by Crippen LogP contribution is -2.20. The smallest absolute Gasteiger partial charge is 0.273 e. The number of ether oxygens (including phenoxy) is 1. The van der Waals surface area contributed by atoms with Gasteiger partial charge in [0.1, 0.15) is 10.8 Å². The molecular weight excluding hydrogens is 473 g/mol. The number of non-ortho nitro benzene ring substituents is 1. The molecule has 2 aromatic carbocycles. The molecule has 2 N–H and O–H groups in total. The molecule has 8 nitrogen and oxygen atoms in total. The summed E-state index contributed by atoms with van der Waals surface area (Å²) in [6, 6.07) is 9.43. The molecule has 0 aliphatic heterocycles. The van der Waals surface area contributed by atoms with Crippen LogP contribution in [0.3, 0.4) is 0 Å². The van der Waals surface area contributed by atoms with Gasteiger partial charge in [0, 0.05) is 12.3 Å². The highest BCUT2D eigenvalue weighted by Gasteiger charge is 2.14. The van der Waals surface area contributed by atoms with Gasteiger partial charge < -0.3 is 15.4 Å². The van der Waals surface area contributed by atoms with Gasteiger partial charge in [0.15, 0.2) is 10.9 Å². The molecule has 3 aromatic rings. The molecule has 0 atom stereocenters. The van der Waals surface area contributed by atoms with Gasteiger partial charge in [0.25, 0.3) is 5.69 Å². The molecule has 0 aliphatic carbocycles. The highest BCUT2D eigenvalue weighted by Crippen LogP contribution is 2.29. The summed E-state index contributed by atoms with van der Waals surface area (Å²) in [5, 5.41) is 22.5. The Morgan fingerprint density at radius 2 is 1.93 bits per heavy atom. The van der Waals surface area contributed by atoms with Crippen LogP contribution < -0.4 is 15.4 Å². The number of thiocarbonyl (C=S) groups is 1. The lowest BCUT2D eigenvalue weighted by molar-refractivity contribution is -0.384. The highest BCUT2D eigenvalue weighted by molar-refractivity contribution is 7.80. The van der Waals surface area contributed by atoms with Crippen LogP contribution in [0.25, 0.3) is 0 Å². The Bertz CT molecular complexity index is 1120. The monoisotopic (exact) mass is 485 g/mol. The van der Waals surface area contributed by atoms with Crippen LogP contribution in [0.1, 0.15) is 5.56 Å². The third kappa shape index (κ3) is 5.31. The Hall–Kier alpha value is -2.59. The van der Waals surface area contributed by atoms with Crippen molar-refractivity contribution < 1.29 is 9.66 Å². The molecule has 156 valence electrons. The standard InChI is InChI=1S/C18H14Cl3N5O3S/c1-29-16-7-11(26(27)28)3-5-15(16)22-18(30)23-17-14(21)9-25(24-17)8-10-2-4-12(19)13(20)6-10/h2-7,9H,8H2,1H3,(H2,22,23,24,30). The van der Waals surface area contributed by atoms with Crippen molar-refractivity contribution in [2.24, 2.45) is 0 Å². The first-order valence-electron chi connectivity index (χ1n) is 8.34. The van der Waals surface area contributed by atoms with E-state index in [-0.39, 0.29) is 16.5 Å².